The Morgan fingerprint density at radius 2 is 0.750 bits per heavy atom. The molecule has 4 atom stereocenters. The van der Waals surface area contributed by atoms with E-state index in [1.807, 2.05) is 48.5 Å². The van der Waals surface area contributed by atoms with Gasteiger partial charge in [0.05, 0.1) is 26.4 Å². The van der Waals surface area contributed by atoms with Gasteiger partial charge < -0.3 is 42.6 Å². The van der Waals surface area contributed by atoms with Crippen molar-refractivity contribution < 1.29 is 42.6 Å². The van der Waals surface area contributed by atoms with Gasteiger partial charge in [0, 0.05) is 0 Å². The van der Waals surface area contributed by atoms with E-state index in [1.165, 1.54) is 44.5 Å². The number of benzene rings is 4. The summed E-state index contributed by atoms with van der Waals surface area (Å²) in [5, 5.41) is 0. The van der Waals surface area contributed by atoms with Crippen molar-refractivity contribution in [3.05, 3.63) is 105 Å². The van der Waals surface area contributed by atoms with Gasteiger partial charge in [-0.25, -0.2) is 0 Å². The molecule has 4 aliphatic heterocycles. The van der Waals surface area contributed by atoms with Gasteiger partial charge >= 0.3 is 0 Å². The molecule has 9 nitrogen and oxygen atoms in total. The van der Waals surface area contributed by atoms with Gasteiger partial charge in [-0.15, -0.1) is 0 Å². The van der Waals surface area contributed by atoms with E-state index in [0.717, 1.165) is 67.3 Å². The molecule has 0 aliphatic carbocycles. The zero-order chi connectivity index (χ0) is 36.2. The fourth-order valence-corrected chi connectivity index (χ4v) is 6.03. The summed E-state index contributed by atoms with van der Waals surface area (Å²) in [7, 11) is 0. The number of aryl methyl sites for hydroxylation is 2. The Hall–Kier alpha value is -4.28. The van der Waals surface area contributed by atoms with Crippen molar-refractivity contribution in [2.45, 2.75) is 72.4 Å². The van der Waals surface area contributed by atoms with Gasteiger partial charge in [-0.1, -0.05) is 12.1 Å². The van der Waals surface area contributed by atoms with Gasteiger partial charge in [0.25, 0.3) is 0 Å². The van der Waals surface area contributed by atoms with Gasteiger partial charge in [0.15, 0.2) is 0 Å². The number of hydrogen-bond donors (Lipinski definition) is 0. The van der Waals surface area contributed by atoms with Gasteiger partial charge in [-0.2, -0.15) is 0 Å². The van der Waals surface area contributed by atoms with E-state index in [9.17, 15) is 0 Å². The third-order valence-corrected chi connectivity index (χ3v) is 9.84. The highest BCUT2D eigenvalue weighted by Crippen LogP contribution is 2.35. The van der Waals surface area contributed by atoms with Crippen LogP contribution in [0.15, 0.2) is 60.7 Å². The minimum atomic E-state index is 0.262. The van der Waals surface area contributed by atoms with Crippen LogP contribution in [0.25, 0.3) is 0 Å². The topological polar surface area (TPSA) is 96.3 Å². The molecule has 0 aromatic heterocycles. The summed E-state index contributed by atoms with van der Waals surface area (Å²) < 4.78 is 49.9. The average Bonchev–Trinajstić information content (AvgIpc) is 3.94. The fourth-order valence-electron chi connectivity index (χ4n) is 6.03. The Morgan fingerprint density at radius 1 is 0.442 bits per heavy atom. The van der Waals surface area contributed by atoms with E-state index in [0.29, 0.717) is 26.4 Å². The first kappa shape index (κ1) is 36.1. The standard InChI is InChI=1S/C25H32O4.C18H18O5/c1-14-7-20(16(3)18(5)24(14)28-12-22-10-26-22)9-21-8-15(2)25(19(6)17(21)4)29-13-23-11-27-23;1-5-15(6-2-13(1)19-9-17-11-21-17)23-16-7-3-14(4-8-16)20-10-18-12-22-18/h7-8,22-23H,9-13H2,1-6H3;1-8,17-18H,9-12H2. The zero-order valence-corrected chi connectivity index (χ0v) is 31.1. The largest absolute Gasteiger partial charge is 0.491 e. The van der Waals surface area contributed by atoms with Gasteiger partial charge in [0.2, 0.25) is 0 Å². The maximum absolute atomic E-state index is 6.05. The first-order chi connectivity index (χ1) is 25.2. The lowest BCUT2D eigenvalue weighted by atomic mass is 9.90. The molecule has 0 N–H and O–H groups in total. The van der Waals surface area contributed by atoms with E-state index in [1.54, 1.807) is 0 Å². The summed E-state index contributed by atoms with van der Waals surface area (Å²) in [5.74, 6) is 5.19. The Bertz CT molecular complexity index is 1690. The second-order valence-electron chi connectivity index (χ2n) is 14.2. The van der Waals surface area contributed by atoms with Crippen LogP contribution in [-0.2, 0) is 25.4 Å². The number of hydrogen-bond acceptors (Lipinski definition) is 9. The van der Waals surface area contributed by atoms with Gasteiger partial charge in [-0.3, -0.25) is 0 Å². The summed E-state index contributed by atoms with van der Waals surface area (Å²) in [4.78, 5) is 0. The molecule has 4 heterocycles. The summed E-state index contributed by atoms with van der Waals surface area (Å²) in [6.07, 6.45) is 1.99. The van der Waals surface area contributed by atoms with Crippen LogP contribution in [0, 0.1) is 41.5 Å². The monoisotopic (exact) mass is 710 g/mol. The van der Waals surface area contributed by atoms with Crippen molar-refractivity contribution in [3.8, 4) is 34.5 Å². The summed E-state index contributed by atoms with van der Waals surface area (Å²) >= 11 is 0. The molecule has 0 spiro atoms. The van der Waals surface area contributed by atoms with Gasteiger partial charge in [0.1, 0.15) is 85.3 Å². The first-order valence-electron chi connectivity index (χ1n) is 18.2. The predicted octanol–water partition coefficient (Wildman–Crippen LogP) is 7.72. The van der Waals surface area contributed by atoms with Crippen LogP contribution in [0.4, 0.5) is 0 Å². The molecule has 4 aliphatic rings. The zero-order valence-electron chi connectivity index (χ0n) is 31.1. The average molecular weight is 711 g/mol. The fraction of sp³-hybridized carbons (Fsp3) is 0.442. The Balaban J connectivity index is 0.000000166. The molecule has 4 unspecified atom stereocenters. The van der Waals surface area contributed by atoms with Crippen LogP contribution in [0.5, 0.6) is 34.5 Å². The smallest absolute Gasteiger partial charge is 0.127 e. The highest BCUT2D eigenvalue weighted by atomic mass is 16.6. The summed E-state index contributed by atoms with van der Waals surface area (Å²) in [5.41, 5.74) is 10.2. The normalized spacial score (nSPS) is 20.7. The minimum absolute atomic E-state index is 0.262. The number of ether oxygens (including phenoxy) is 9. The molecule has 0 radical (unpaired) electrons. The van der Waals surface area contributed by atoms with E-state index in [-0.39, 0.29) is 24.4 Å². The Kier molecular flexibility index (Phi) is 11.2. The van der Waals surface area contributed by atoms with Crippen LogP contribution in [0.1, 0.15) is 44.5 Å². The number of epoxide rings is 4. The van der Waals surface area contributed by atoms with Crippen LogP contribution < -0.4 is 23.7 Å². The van der Waals surface area contributed by atoms with E-state index >= 15 is 0 Å². The highest BCUT2D eigenvalue weighted by Gasteiger charge is 2.26. The molecular formula is C43H50O9. The molecule has 4 aromatic carbocycles. The lowest BCUT2D eigenvalue weighted by Gasteiger charge is -2.20. The van der Waals surface area contributed by atoms with Crippen LogP contribution >= 0.6 is 0 Å². The predicted molar refractivity (Wildman–Crippen MR) is 198 cm³/mol. The lowest BCUT2D eigenvalue weighted by molar-refractivity contribution is 0.260. The van der Waals surface area contributed by atoms with Gasteiger partial charge in [-0.05, 0) is 141 Å². The molecular weight excluding hydrogens is 660 g/mol. The second-order valence-corrected chi connectivity index (χ2v) is 14.2. The molecule has 0 bridgehead atoms. The lowest BCUT2D eigenvalue weighted by Crippen LogP contribution is -2.09. The molecule has 4 saturated heterocycles. The van der Waals surface area contributed by atoms with Crippen molar-refractivity contribution in [2.24, 2.45) is 0 Å². The first-order valence-corrected chi connectivity index (χ1v) is 18.2. The maximum atomic E-state index is 6.05. The molecule has 52 heavy (non-hydrogen) atoms. The molecule has 8 rings (SSSR count). The molecule has 9 heteroatoms. The quantitative estimate of drug-likeness (QED) is 0.108. The van der Waals surface area contributed by atoms with Crippen LogP contribution in [-0.4, -0.2) is 77.3 Å². The summed E-state index contributed by atoms with van der Waals surface area (Å²) in [6.45, 7) is 18.7. The van der Waals surface area contributed by atoms with Crippen molar-refractivity contribution in [1.29, 1.82) is 0 Å². The van der Waals surface area contributed by atoms with Crippen molar-refractivity contribution in [2.75, 3.05) is 52.9 Å². The third-order valence-electron chi connectivity index (χ3n) is 9.84. The molecule has 0 amide bonds. The summed E-state index contributed by atoms with van der Waals surface area (Å²) in [6, 6.07) is 19.7. The molecule has 0 saturated carbocycles. The number of rotatable bonds is 16. The maximum Gasteiger partial charge on any atom is 0.127 e. The minimum Gasteiger partial charge on any atom is -0.491 e. The van der Waals surface area contributed by atoms with Crippen molar-refractivity contribution >= 4 is 0 Å². The van der Waals surface area contributed by atoms with E-state index < -0.39 is 0 Å². The molecule has 4 aromatic rings. The van der Waals surface area contributed by atoms with Crippen molar-refractivity contribution in [1.82, 2.24) is 0 Å². The van der Waals surface area contributed by atoms with Crippen molar-refractivity contribution in [3.63, 3.8) is 0 Å². The second kappa shape index (κ2) is 16.2. The Labute approximate surface area is 307 Å². The van der Waals surface area contributed by atoms with Crippen LogP contribution in [0.2, 0.25) is 0 Å². The van der Waals surface area contributed by atoms with Crippen LogP contribution in [0.3, 0.4) is 0 Å². The highest BCUT2D eigenvalue weighted by molar-refractivity contribution is 5.54. The molecule has 276 valence electrons. The Morgan fingerprint density at radius 3 is 1.08 bits per heavy atom. The SMILES string of the molecule is Cc1cc(Cc2cc(C)c(OCC3CO3)c(C)c2C)c(C)c(C)c1OCC1CO1.c1cc(Oc2ccc(OCC3CO3)cc2)ccc1OCC1CO1. The molecule has 4 fully saturated rings. The van der Waals surface area contributed by atoms with E-state index in [2.05, 4.69) is 53.7 Å². The van der Waals surface area contributed by atoms with E-state index in [4.69, 9.17) is 42.6 Å². The third kappa shape index (κ3) is 9.98.